The highest BCUT2D eigenvalue weighted by Crippen LogP contribution is 2.36. The Morgan fingerprint density at radius 1 is 1.00 bits per heavy atom. The fourth-order valence-electron chi connectivity index (χ4n) is 4.21. The van der Waals surface area contributed by atoms with Crippen LogP contribution in [0, 0.1) is 11.6 Å². The third kappa shape index (κ3) is 4.57. The number of aromatic amines is 1. The van der Waals surface area contributed by atoms with Crippen LogP contribution in [0.15, 0.2) is 48.7 Å². The summed E-state index contributed by atoms with van der Waals surface area (Å²) in [5, 5.41) is 3.74. The van der Waals surface area contributed by atoms with Crippen molar-refractivity contribution in [3.8, 4) is 17.0 Å². The predicted octanol–water partition coefficient (Wildman–Crippen LogP) is 4.40. The van der Waals surface area contributed by atoms with Gasteiger partial charge in [-0.3, -0.25) is 4.90 Å². The van der Waals surface area contributed by atoms with Gasteiger partial charge in [0.05, 0.1) is 12.5 Å². The first kappa shape index (κ1) is 22.2. The highest BCUT2D eigenvalue weighted by molar-refractivity contribution is 5.97. The maximum absolute atomic E-state index is 14.4. The van der Waals surface area contributed by atoms with Crippen LogP contribution in [0.2, 0.25) is 0 Å². The molecule has 0 atom stereocenters. The molecule has 4 aromatic rings. The minimum absolute atomic E-state index is 0.242. The lowest BCUT2D eigenvalue weighted by Gasteiger charge is -2.32. The molecular formula is C25H26F2N6O. The van der Waals surface area contributed by atoms with Gasteiger partial charge in [-0.15, -0.1) is 0 Å². The van der Waals surface area contributed by atoms with E-state index in [1.54, 1.807) is 6.20 Å². The molecule has 0 amide bonds. The number of anilines is 2. The summed E-state index contributed by atoms with van der Waals surface area (Å²) in [6, 6.07) is 11.7. The smallest absolute Gasteiger partial charge is 0.232 e. The third-order valence-electron chi connectivity index (χ3n) is 6.13. The van der Waals surface area contributed by atoms with Crippen LogP contribution in [0.4, 0.5) is 20.4 Å². The molecule has 1 aliphatic heterocycles. The zero-order valence-electron chi connectivity index (χ0n) is 19.1. The topological polar surface area (TPSA) is 69.3 Å². The second-order valence-corrected chi connectivity index (χ2v) is 8.51. The summed E-state index contributed by atoms with van der Waals surface area (Å²) in [5.74, 6) is -0.657. The number of halogens is 2. The Bertz CT molecular complexity index is 1300. The Hall–Kier alpha value is -3.56. The highest BCUT2D eigenvalue weighted by atomic mass is 19.1. The molecule has 176 valence electrons. The van der Waals surface area contributed by atoms with Crippen LogP contribution >= 0.6 is 0 Å². The predicted molar refractivity (Wildman–Crippen MR) is 128 cm³/mol. The first-order chi connectivity index (χ1) is 16.5. The molecule has 2 N–H and O–H groups in total. The van der Waals surface area contributed by atoms with Gasteiger partial charge in [0, 0.05) is 61.8 Å². The van der Waals surface area contributed by atoms with Crippen LogP contribution in [0.25, 0.3) is 22.2 Å². The number of likely N-dealkylation sites (N-methyl/N-ethyl adjacent to an activating group) is 1. The second-order valence-electron chi connectivity index (χ2n) is 8.51. The van der Waals surface area contributed by atoms with Crippen molar-refractivity contribution >= 4 is 22.7 Å². The Labute approximate surface area is 196 Å². The molecule has 1 aliphatic rings. The molecule has 2 aromatic heterocycles. The number of methoxy groups -OCH3 is 1. The van der Waals surface area contributed by atoms with Gasteiger partial charge in [-0.1, -0.05) is 12.1 Å². The SMILES string of the molecule is COc1nc(Nc2ccc(CN3CCN(C)CC3)cc2)nc2[nH]cc(-c3ccc(F)cc3F)c12. The van der Waals surface area contributed by atoms with Crippen LogP contribution < -0.4 is 10.1 Å². The number of nitrogens with one attached hydrogen (secondary N) is 2. The number of piperazine rings is 1. The Kier molecular flexibility index (Phi) is 6.12. The zero-order valence-corrected chi connectivity index (χ0v) is 19.1. The van der Waals surface area contributed by atoms with E-state index < -0.39 is 11.6 Å². The van der Waals surface area contributed by atoms with Crippen LogP contribution in [0.5, 0.6) is 5.88 Å². The Balaban J connectivity index is 1.36. The number of hydrogen-bond donors (Lipinski definition) is 2. The van der Waals surface area contributed by atoms with Gasteiger partial charge in [0.1, 0.15) is 17.3 Å². The van der Waals surface area contributed by atoms with Gasteiger partial charge in [-0.2, -0.15) is 9.97 Å². The monoisotopic (exact) mass is 464 g/mol. The van der Waals surface area contributed by atoms with E-state index in [0.29, 0.717) is 28.4 Å². The molecular weight excluding hydrogens is 438 g/mol. The van der Waals surface area contributed by atoms with Gasteiger partial charge in [0.15, 0.2) is 0 Å². The summed E-state index contributed by atoms with van der Waals surface area (Å²) in [6.45, 7) is 5.26. The van der Waals surface area contributed by atoms with Gasteiger partial charge >= 0.3 is 0 Å². The van der Waals surface area contributed by atoms with E-state index in [0.717, 1.165) is 44.5 Å². The number of fused-ring (bicyclic) bond motifs is 1. The molecule has 34 heavy (non-hydrogen) atoms. The summed E-state index contributed by atoms with van der Waals surface area (Å²) < 4.78 is 33.2. The number of hydrogen-bond acceptors (Lipinski definition) is 6. The molecule has 0 saturated carbocycles. The Morgan fingerprint density at radius 3 is 2.47 bits per heavy atom. The van der Waals surface area contributed by atoms with E-state index in [2.05, 4.69) is 49.2 Å². The maximum Gasteiger partial charge on any atom is 0.232 e. The minimum atomic E-state index is -0.665. The van der Waals surface area contributed by atoms with Crippen molar-refractivity contribution in [2.24, 2.45) is 0 Å². The molecule has 0 unspecified atom stereocenters. The van der Waals surface area contributed by atoms with E-state index in [1.807, 2.05) is 12.1 Å². The van der Waals surface area contributed by atoms with Crippen molar-refractivity contribution in [2.45, 2.75) is 6.54 Å². The third-order valence-corrected chi connectivity index (χ3v) is 6.13. The van der Waals surface area contributed by atoms with E-state index in [4.69, 9.17) is 4.74 Å². The fourth-order valence-corrected chi connectivity index (χ4v) is 4.21. The van der Waals surface area contributed by atoms with Crippen LogP contribution in [0.1, 0.15) is 5.56 Å². The number of rotatable bonds is 6. The molecule has 0 radical (unpaired) electrons. The number of nitrogens with zero attached hydrogens (tertiary/aromatic N) is 4. The van der Waals surface area contributed by atoms with Crippen molar-refractivity contribution in [3.63, 3.8) is 0 Å². The largest absolute Gasteiger partial charge is 0.480 e. The summed E-state index contributed by atoms with van der Waals surface area (Å²) in [7, 11) is 3.65. The van der Waals surface area contributed by atoms with Gasteiger partial charge in [0.25, 0.3) is 0 Å². The molecule has 5 rings (SSSR count). The number of aromatic nitrogens is 3. The maximum atomic E-state index is 14.4. The highest BCUT2D eigenvalue weighted by Gasteiger charge is 2.19. The zero-order chi connectivity index (χ0) is 23.7. The van der Waals surface area contributed by atoms with Crippen molar-refractivity contribution in [2.75, 3.05) is 45.7 Å². The molecule has 3 heterocycles. The van der Waals surface area contributed by atoms with Gasteiger partial charge < -0.3 is 19.9 Å². The summed E-state index contributed by atoms with van der Waals surface area (Å²) >= 11 is 0. The fraction of sp³-hybridized carbons (Fsp3) is 0.280. The normalized spacial score (nSPS) is 15.1. The lowest BCUT2D eigenvalue weighted by Crippen LogP contribution is -2.43. The van der Waals surface area contributed by atoms with Crippen molar-refractivity contribution < 1.29 is 13.5 Å². The van der Waals surface area contributed by atoms with Gasteiger partial charge in [-0.25, -0.2) is 8.78 Å². The standard InChI is InChI=1S/C25H26F2N6O/c1-32-9-11-33(12-10-32)15-16-3-6-18(7-4-16)29-25-30-23-22(24(31-25)34-2)20(14-28-23)19-8-5-17(26)13-21(19)27/h3-8,13-14H,9-12,15H2,1-2H3,(H2,28,29,30,31). The quantitative estimate of drug-likeness (QED) is 0.441. The van der Waals surface area contributed by atoms with Gasteiger partial charge in [-0.05, 0) is 36.9 Å². The average molecular weight is 465 g/mol. The van der Waals surface area contributed by atoms with E-state index in [9.17, 15) is 8.78 Å². The molecule has 9 heteroatoms. The second kappa shape index (κ2) is 9.36. The lowest BCUT2D eigenvalue weighted by molar-refractivity contribution is 0.148. The number of H-pyrrole nitrogens is 1. The van der Waals surface area contributed by atoms with Crippen molar-refractivity contribution in [1.29, 1.82) is 0 Å². The van der Waals surface area contributed by atoms with E-state index >= 15 is 0 Å². The lowest BCUT2D eigenvalue weighted by atomic mass is 10.1. The summed E-state index contributed by atoms with van der Waals surface area (Å²) in [6.07, 6.45) is 1.62. The molecule has 1 saturated heterocycles. The van der Waals surface area contributed by atoms with Crippen molar-refractivity contribution in [1.82, 2.24) is 24.8 Å². The van der Waals surface area contributed by atoms with Crippen LogP contribution in [-0.2, 0) is 6.54 Å². The van der Waals surface area contributed by atoms with E-state index in [-0.39, 0.29) is 5.56 Å². The molecule has 0 aliphatic carbocycles. The van der Waals surface area contributed by atoms with Crippen molar-refractivity contribution in [3.05, 3.63) is 65.9 Å². The number of benzene rings is 2. The van der Waals surface area contributed by atoms with Crippen LogP contribution in [0.3, 0.4) is 0 Å². The molecule has 2 aromatic carbocycles. The van der Waals surface area contributed by atoms with Gasteiger partial charge in [0.2, 0.25) is 11.8 Å². The molecule has 1 fully saturated rings. The first-order valence-corrected chi connectivity index (χ1v) is 11.2. The Morgan fingerprint density at radius 2 is 1.76 bits per heavy atom. The van der Waals surface area contributed by atoms with E-state index in [1.165, 1.54) is 24.8 Å². The average Bonchev–Trinajstić information content (AvgIpc) is 3.25. The summed E-state index contributed by atoms with van der Waals surface area (Å²) in [5.41, 5.74) is 3.33. The molecule has 0 bridgehead atoms. The molecule has 7 nitrogen and oxygen atoms in total. The first-order valence-electron chi connectivity index (χ1n) is 11.2. The van der Waals surface area contributed by atoms with Crippen LogP contribution in [-0.4, -0.2) is 65.1 Å². The summed E-state index contributed by atoms with van der Waals surface area (Å²) in [4.78, 5) is 16.8. The molecule has 0 spiro atoms. The minimum Gasteiger partial charge on any atom is -0.480 e. The number of ether oxygens (including phenoxy) is 1.